The van der Waals surface area contributed by atoms with Gasteiger partial charge in [0.1, 0.15) is 5.75 Å². The normalized spacial score (nSPS) is 13.2. The summed E-state index contributed by atoms with van der Waals surface area (Å²) in [6.45, 7) is 0. The number of halogens is 3. The molecule has 1 N–H and O–H groups in total. The quantitative estimate of drug-likeness (QED) is 0.688. The Balaban J connectivity index is 1.99. The molecular formula is C14H10F3NOS. The predicted octanol–water partition coefficient (Wildman–Crippen LogP) is 4.92. The molecule has 20 heavy (non-hydrogen) atoms. The van der Waals surface area contributed by atoms with Crippen molar-refractivity contribution in [3.05, 3.63) is 42.0 Å². The van der Waals surface area contributed by atoms with Gasteiger partial charge >= 0.3 is 6.18 Å². The molecule has 0 saturated carbocycles. The minimum atomic E-state index is -4.33. The zero-order valence-corrected chi connectivity index (χ0v) is 11.2. The van der Waals surface area contributed by atoms with E-state index in [4.69, 9.17) is 4.74 Å². The molecule has 0 fully saturated rings. The Morgan fingerprint density at radius 1 is 1.00 bits per heavy atom. The third-order valence-electron chi connectivity index (χ3n) is 2.98. The second kappa shape index (κ2) is 4.63. The SMILES string of the molecule is COc1ccc2c(c1)Sc1ccc(C(F)(F)F)cc1N2. The minimum absolute atomic E-state index is 0.475. The zero-order chi connectivity index (χ0) is 14.3. The van der Waals surface area contributed by atoms with E-state index in [0.29, 0.717) is 11.4 Å². The fourth-order valence-electron chi connectivity index (χ4n) is 1.97. The molecule has 1 heterocycles. The van der Waals surface area contributed by atoms with E-state index in [-0.39, 0.29) is 0 Å². The maximum Gasteiger partial charge on any atom is 0.416 e. The van der Waals surface area contributed by atoms with Crippen LogP contribution in [0.1, 0.15) is 5.56 Å². The number of fused-ring (bicyclic) bond motifs is 2. The second-order valence-electron chi connectivity index (χ2n) is 4.30. The first-order valence-corrected chi connectivity index (χ1v) is 6.63. The molecule has 0 amide bonds. The molecule has 6 heteroatoms. The standard InChI is InChI=1S/C14H10F3NOS/c1-19-9-3-4-10-13(7-9)20-12-5-2-8(14(15,16)17)6-11(12)18-10/h2-7,18H,1H3. The van der Waals surface area contributed by atoms with E-state index in [0.717, 1.165) is 27.6 Å². The fourth-order valence-corrected chi connectivity index (χ4v) is 2.97. The van der Waals surface area contributed by atoms with Gasteiger partial charge in [-0.2, -0.15) is 13.2 Å². The van der Waals surface area contributed by atoms with Crippen LogP contribution in [-0.4, -0.2) is 7.11 Å². The van der Waals surface area contributed by atoms with Gasteiger partial charge in [-0.25, -0.2) is 0 Å². The van der Waals surface area contributed by atoms with Gasteiger partial charge in [0.15, 0.2) is 0 Å². The third kappa shape index (κ3) is 2.31. The Hall–Kier alpha value is -1.82. The van der Waals surface area contributed by atoms with Gasteiger partial charge in [0.05, 0.1) is 24.0 Å². The van der Waals surface area contributed by atoms with E-state index in [1.807, 2.05) is 6.07 Å². The minimum Gasteiger partial charge on any atom is -0.497 e. The van der Waals surface area contributed by atoms with Crippen LogP contribution in [0.5, 0.6) is 5.75 Å². The van der Waals surface area contributed by atoms with Crippen molar-refractivity contribution in [2.75, 3.05) is 12.4 Å². The smallest absolute Gasteiger partial charge is 0.416 e. The molecule has 2 aromatic carbocycles. The van der Waals surface area contributed by atoms with Crippen LogP contribution in [0, 0.1) is 0 Å². The highest BCUT2D eigenvalue weighted by Gasteiger charge is 2.31. The Morgan fingerprint density at radius 3 is 2.50 bits per heavy atom. The van der Waals surface area contributed by atoms with Crippen molar-refractivity contribution >= 4 is 23.1 Å². The van der Waals surface area contributed by atoms with E-state index in [2.05, 4.69) is 5.32 Å². The van der Waals surface area contributed by atoms with E-state index in [9.17, 15) is 13.2 Å². The van der Waals surface area contributed by atoms with Crippen LogP contribution in [0.25, 0.3) is 0 Å². The van der Waals surface area contributed by atoms with Crippen molar-refractivity contribution in [1.82, 2.24) is 0 Å². The number of anilines is 2. The Morgan fingerprint density at radius 2 is 1.80 bits per heavy atom. The number of alkyl halides is 3. The van der Waals surface area contributed by atoms with Gasteiger partial charge < -0.3 is 10.1 Å². The van der Waals surface area contributed by atoms with E-state index < -0.39 is 11.7 Å². The first kappa shape index (κ1) is 13.2. The fraction of sp³-hybridized carbons (Fsp3) is 0.143. The molecule has 0 aliphatic carbocycles. The summed E-state index contributed by atoms with van der Waals surface area (Å²) in [5.41, 5.74) is 0.603. The lowest BCUT2D eigenvalue weighted by atomic mass is 10.2. The van der Waals surface area contributed by atoms with E-state index in [1.165, 1.54) is 17.8 Å². The predicted molar refractivity (Wildman–Crippen MR) is 71.8 cm³/mol. The molecule has 1 aliphatic rings. The maximum atomic E-state index is 12.7. The topological polar surface area (TPSA) is 21.3 Å². The molecular weight excluding hydrogens is 287 g/mol. The summed E-state index contributed by atoms with van der Waals surface area (Å²) in [4.78, 5) is 1.69. The van der Waals surface area contributed by atoms with E-state index in [1.54, 1.807) is 19.2 Å². The molecule has 0 bridgehead atoms. The zero-order valence-electron chi connectivity index (χ0n) is 10.4. The number of benzene rings is 2. The molecule has 0 spiro atoms. The number of methoxy groups -OCH3 is 1. The molecule has 3 rings (SSSR count). The molecule has 0 unspecified atom stereocenters. The number of nitrogens with one attached hydrogen (secondary N) is 1. The van der Waals surface area contributed by atoms with Gasteiger partial charge in [0.25, 0.3) is 0 Å². The lowest BCUT2D eigenvalue weighted by Crippen LogP contribution is -2.07. The van der Waals surface area contributed by atoms with Crippen molar-refractivity contribution in [2.24, 2.45) is 0 Å². The maximum absolute atomic E-state index is 12.7. The summed E-state index contributed by atoms with van der Waals surface area (Å²) in [7, 11) is 1.58. The summed E-state index contributed by atoms with van der Waals surface area (Å²) in [5, 5.41) is 3.03. The number of hydrogen-bond donors (Lipinski definition) is 1. The Labute approximate surface area is 117 Å². The van der Waals surface area contributed by atoms with Crippen LogP contribution in [0.2, 0.25) is 0 Å². The number of hydrogen-bond acceptors (Lipinski definition) is 3. The lowest BCUT2D eigenvalue weighted by Gasteiger charge is -2.22. The first-order chi connectivity index (χ1) is 9.47. The van der Waals surface area contributed by atoms with Crippen LogP contribution in [0.3, 0.4) is 0 Å². The molecule has 0 radical (unpaired) electrons. The lowest BCUT2D eigenvalue weighted by molar-refractivity contribution is -0.137. The van der Waals surface area contributed by atoms with Gasteiger partial charge in [0.2, 0.25) is 0 Å². The van der Waals surface area contributed by atoms with Crippen molar-refractivity contribution < 1.29 is 17.9 Å². The van der Waals surface area contributed by atoms with Crippen molar-refractivity contribution in [2.45, 2.75) is 16.0 Å². The number of rotatable bonds is 1. The monoisotopic (exact) mass is 297 g/mol. The molecule has 2 nitrogen and oxygen atoms in total. The molecule has 0 saturated heterocycles. The summed E-state index contributed by atoms with van der Waals surface area (Å²) >= 11 is 1.42. The molecule has 0 aromatic heterocycles. The molecule has 1 aliphatic heterocycles. The number of ether oxygens (including phenoxy) is 1. The molecule has 2 aromatic rings. The largest absolute Gasteiger partial charge is 0.497 e. The van der Waals surface area contributed by atoms with Gasteiger partial charge in [-0.05, 0) is 36.4 Å². The summed E-state index contributed by atoms with van der Waals surface area (Å²) < 4.78 is 43.2. The van der Waals surface area contributed by atoms with Crippen LogP contribution in [0.15, 0.2) is 46.2 Å². The first-order valence-electron chi connectivity index (χ1n) is 5.81. The van der Waals surface area contributed by atoms with Crippen molar-refractivity contribution in [3.63, 3.8) is 0 Å². The summed E-state index contributed by atoms with van der Waals surface area (Å²) in [5.74, 6) is 0.716. The third-order valence-corrected chi connectivity index (χ3v) is 4.12. The van der Waals surface area contributed by atoms with Crippen LogP contribution < -0.4 is 10.1 Å². The highest BCUT2D eigenvalue weighted by atomic mass is 32.2. The second-order valence-corrected chi connectivity index (χ2v) is 5.38. The van der Waals surface area contributed by atoms with Gasteiger partial charge in [-0.3, -0.25) is 0 Å². The van der Waals surface area contributed by atoms with Crippen LogP contribution >= 0.6 is 11.8 Å². The highest BCUT2D eigenvalue weighted by molar-refractivity contribution is 7.99. The van der Waals surface area contributed by atoms with Gasteiger partial charge in [-0.15, -0.1) is 0 Å². The molecule has 104 valence electrons. The highest BCUT2D eigenvalue weighted by Crippen LogP contribution is 2.46. The summed E-state index contributed by atoms with van der Waals surface area (Å²) in [6.07, 6.45) is -4.33. The van der Waals surface area contributed by atoms with E-state index >= 15 is 0 Å². The van der Waals surface area contributed by atoms with Crippen LogP contribution in [0.4, 0.5) is 24.5 Å². The average molecular weight is 297 g/mol. The van der Waals surface area contributed by atoms with Crippen LogP contribution in [-0.2, 0) is 6.18 Å². The van der Waals surface area contributed by atoms with Gasteiger partial charge in [-0.1, -0.05) is 11.8 Å². The Bertz CT molecular complexity index is 670. The molecule has 0 atom stereocenters. The summed E-state index contributed by atoms with van der Waals surface area (Å²) in [6, 6.07) is 9.13. The van der Waals surface area contributed by atoms with Crippen molar-refractivity contribution in [1.29, 1.82) is 0 Å². The Kier molecular flexibility index (Phi) is 3.05. The van der Waals surface area contributed by atoms with Crippen molar-refractivity contribution in [3.8, 4) is 5.75 Å². The average Bonchev–Trinajstić information content (AvgIpc) is 2.42. The van der Waals surface area contributed by atoms with Gasteiger partial charge in [0, 0.05) is 9.79 Å².